The van der Waals surface area contributed by atoms with Crippen molar-refractivity contribution in [2.75, 3.05) is 20.3 Å². The van der Waals surface area contributed by atoms with Crippen LogP contribution in [-0.4, -0.2) is 52.9 Å². The van der Waals surface area contributed by atoms with E-state index in [1.807, 2.05) is 24.3 Å². The molecule has 2 aromatic carbocycles. The molecule has 29 heavy (non-hydrogen) atoms. The lowest BCUT2D eigenvalue weighted by Gasteiger charge is -2.46. The molecule has 0 radical (unpaired) electrons. The Morgan fingerprint density at radius 3 is 2.90 bits per heavy atom. The van der Waals surface area contributed by atoms with E-state index in [1.165, 1.54) is 19.2 Å². The first kappa shape index (κ1) is 12.2. The van der Waals surface area contributed by atoms with Crippen molar-refractivity contribution in [2.45, 2.75) is 18.5 Å². The first-order chi connectivity index (χ1) is 15.9. The van der Waals surface area contributed by atoms with E-state index in [0.29, 0.717) is 21.7 Å². The van der Waals surface area contributed by atoms with Gasteiger partial charge in [0.25, 0.3) is 0 Å². The van der Waals surface area contributed by atoms with Crippen LogP contribution >= 0.6 is 0 Å². The maximum absolute atomic E-state index is 13.5. The third-order valence-corrected chi connectivity index (χ3v) is 5.63. The van der Waals surface area contributed by atoms with Gasteiger partial charge in [0.05, 0.1) is 16.7 Å². The van der Waals surface area contributed by atoms with Gasteiger partial charge < -0.3 is 24.3 Å². The predicted molar refractivity (Wildman–Crippen MR) is 105 cm³/mol. The van der Waals surface area contributed by atoms with Crippen molar-refractivity contribution in [1.82, 2.24) is 14.8 Å². The Kier molecular flexibility index (Phi) is 2.42. The average molecular weight is 394 g/mol. The summed E-state index contributed by atoms with van der Waals surface area (Å²) in [4.78, 5) is 31.9. The molecule has 0 saturated carbocycles. The number of benzene rings is 2. The van der Waals surface area contributed by atoms with Gasteiger partial charge in [0.2, 0.25) is 18.6 Å². The number of nitrogens with zero attached hydrogens (tertiary/aromatic N) is 2. The summed E-state index contributed by atoms with van der Waals surface area (Å²) in [5.74, 6) is -1.55. The van der Waals surface area contributed by atoms with Crippen molar-refractivity contribution >= 4 is 22.7 Å². The summed E-state index contributed by atoms with van der Waals surface area (Å²) >= 11 is 0. The van der Waals surface area contributed by atoms with E-state index < -0.39 is 37.1 Å². The van der Waals surface area contributed by atoms with Crippen LogP contribution in [0.25, 0.3) is 10.9 Å². The Morgan fingerprint density at radius 2 is 2.00 bits per heavy atom. The SMILES string of the molecule is [2H]C1([2H])Oc2ccc(C3c4[nH]c5ccccc5c4C[C@]4([2H])C(=O)N(C)C([2H])([2H])C(=O)N34)cc2O1. The molecule has 3 aliphatic rings. The molecular weight excluding hydrogens is 370 g/mol. The number of aromatic nitrogens is 1. The van der Waals surface area contributed by atoms with Crippen LogP contribution in [0.4, 0.5) is 0 Å². The van der Waals surface area contributed by atoms with Crippen molar-refractivity contribution in [3.05, 3.63) is 59.3 Å². The molecule has 0 aliphatic carbocycles. The number of likely N-dealkylation sites (N-methyl/N-ethyl adjacent to an activating group) is 1. The number of rotatable bonds is 1. The number of piperazine rings is 1. The van der Waals surface area contributed by atoms with E-state index in [9.17, 15) is 11.0 Å². The quantitative estimate of drug-likeness (QED) is 0.687. The summed E-state index contributed by atoms with van der Waals surface area (Å²) in [5, 5.41) is 0.808. The lowest BCUT2D eigenvalue weighted by molar-refractivity contribution is -0.157. The summed E-state index contributed by atoms with van der Waals surface area (Å²) in [5.41, 5.74) is 2.43. The van der Waals surface area contributed by atoms with E-state index >= 15 is 0 Å². The number of hydrogen-bond acceptors (Lipinski definition) is 4. The van der Waals surface area contributed by atoms with Crippen molar-refractivity contribution in [3.8, 4) is 11.5 Å². The molecule has 2 atom stereocenters. The molecule has 3 aliphatic heterocycles. The molecule has 1 N–H and O–H groups in total. The third-order valence-electron chi connectivity index (χ3n) is 5.63. The van der Waals surface area contributed by atoms with Crippen LogP contribution in [0.2, 0.25) is 0 Å². The summed E-state index contributed by atoms with van der Waals surface area (Å²) < 4.78 is 51.5. The fourth-order valence-corrected chi connectivity index (χ4v) is 4.33. The molecule has 3 aromatic rings. The highest BCUT2D eigenvalue weighted by atomic mass is 16.7. The molecule has 7 nitrogen and oxygen atoms in total. The van der Waals surface area contributed by atoms with E-state index in [1.54, 1.807) is 6.07 Å². The second-order valence-corrected chi connectivity index (χ2v) is 7.23. The highest BCUT2D eigenvalue weighted by Gasteiger charge is 2.47. The molecule has 1 unspecified atom stereocenters. The van der Waals surface area contributed by atoms with Gasteiger partial charge in [0, 0.05) is 30.1 Å². The van der Waals surface area contributed by atoms with Crippen LogP contribution in [0.5, 0.6) is 11.5 Å². The zero-order valence-corrected chi connectivity index (χ0v) is 15.4. The van der Waals surface area contributed by atoms with Gasteiger partial charge in [-0.1, -0.05) is 24.3 Å². The maximum atomic E-state index is 13.5. The van der Waals surface area contributed by atoms with Gasteiger partial charge in [-0.3, -0.25) is 9.59 Å². The van der Waals surface area contributed by atoms with Crippen LogP contribution in [0.1, 0.15) is 29.7 Å². The zero-order valence-electron chi connectivity index (χ0n) is 20.4. The monoisotopic (exact) mass is 394 g/mol. The molecule has 1 aromatic heterocycles. The Balaban J connectivity index is 1.62. The number of hydrogen-bond donors (Lipinski definition) is 1. The Morgan fingerprint density at radius 1 is 1.17 bits per heavy atom. The Labute approximate surface area is 173 Å². The largest absolute Gasteiger partial charge is 0.454 e. The van der Waals surface area contributed by atoms with Crippen molar-refractivity contribution in [2.24, 2.45) is 0 Å². The van der Waals surface area contributed by atoms with Gasteiger partial charge in [-0.15, -0.1) is 0 Å². The normalized spacial score (nSPS) is 31.3. The summed E-state index contributed by atoms with van der Waals surface area (Å²) in [6, 6.07) is 8.90. The van der Waals surface area contributed by atoms with Crippen molar-refractivity contribution < 1.29 is 25.9 Å². The fraction of sp³-hybridized carbons (Fsp3) is 0.273. The van der Waals surface area contributed by atoms with Gasteiger partial charge in [0.15, 0.2) is 11.5 Å². The zero-order chi connectivity index (χ0) is 24.2. The maximum Gasteiger partial charge on any atom is 0.245 e. The molecular formula is C22H19N3O4. The minimum Gasteiger partial charge on any atom is -0.454 e. The third kappa shape index (κ3) is 2.24. The van der Waals surface area contributed by atoms with Crippen molar-refractivity contribution in [1.29, 1.82) is 0 Å². The number of carbonyl (C=O) groups is 2. The predicted octanol–water partition coefficient (Wildman–Crippen LogP) is 2.21. The van der Waals surface area contributed by atoms with Gasteiger partial charge in [-0.25, -0.2) is 0 Å². The fourth-order valence-electron chi connectivity index (χ4n) is 4.33. The molecule has 1 saturated heterocycles. The molecule has 0 spiro atoms. The Hall–Kier alpha value is -3.48. The minimum absolute atomic E-state index is 0.109. The second-order valence-electron chi connectivity index (χ2n) is 7.23. The molecule has 146 valence electrons. The summed E-state index contributed by atoms with van der Waals surface area (Å²) in [7, 11) is 1.19. The number of nitrogens with one attached hydrogen (secondary N) is 1. The second kappa shape index (κ2) is 5.76. The smallest absolute Gasteiger partial charge is 0.245 e. The van der Waals surface area contributed by atoms with Crippen LogP contribution in [0.15, 0.2) is 42.5 Å². The van der Waals surface area contributed by atoms with E-state index in [0.717, 1.165) is 15.8 Å². The van der Waals surface area contributed by atoms with Crippen LogP contribution in [-0.2, 0) is 16.0 Å². The van der Waals surface area contributed by atoms with Gasteiger partial charge >= 0.3 is 0 Å². The first-order valence-corrected chi connectivity index (χ1v) is 9.17. The summed E-state index contributed by atoms with van der Waals surface area (Å²) in [6.45, 7) is -4.99. The summed E-state index contributed by atoms with van der Waals surface area (Å²) in [6.07, 6.45) is -0.110. The lowest BCUT2D eigenvalue weighted by Crippen LogP contribution is -2.62. The number of aromatic amines is 1. The van der Waals surface area contributed by atoms with Crippen LogP contribution in [0.3, 0.4) is 0 Å². The van der Waals surface area contributed by atoms with E-state index in [2.05, 4.69) is 4.98 Å². The average Bonchev–Trinajstić information content (AvgIpc) is 3.30. The minimum atomic E-state index is -2.64. The van der Waals surface area contributed by atoms with Crippen LogP contribution in [0, 0.1) is 0 Å². The number of H-pyrrole nitrogens is 1. The van der Waals surface area contributed by atoms with Crippen molar-refractivity contribution in [3.63, 3.8) is 0 Å². The molecule has 4 heterocycles. The van der Waals surface area contributed by atoms with Gasteiger partial charge in [-0.05, 0) is 29.3 Å². The highest BCUT2D eigenvalue weighted by molar-refractivity contribution is 5.97. The van der Waals surface area contributed by atoms with E-state index in [-0.39, 0.29) is 17.9 Å². The number of fused-ring (bicyclic) bond motifs is 5. The molecule has 2 amide bonds. The molecule has 6 rings (SSSR count). The van der Waals surface area contributed by atoms with Gasteiger partial charge in [0.1, 0.15) is 8.76 Å². The number of carbonyl (C=O) groups excluding carboxylic acids is 2. The number of para-hydroxylation sites is 1. The number of amides is 2. The first-order valence-electron chi connectivity index (χ1n) is 11.7. The standard InChI is InChI=1S/C22H19N3O4/c1-24-10-19(26)25-16(22(24)27)9-14-13-4-2-3-5-15(13)23-20(14)21(25)12-6-7-17-18(8-12)29-11-28-17/h2-8,16,21,23H,9-11H2,1H3/t16-,21?/m1/s1/i10D2,11D2,16D. The number of ether oxygens (including phenoxy) is 2. The molecule has 7 heteroatoms. The Bertz CT molecular complexity index is 1410. The lowest BCUT2D eigenvalue weighted by atomic mass is 9.86. The topological polar surface area (TPSA) is 74.9 Å². The van der Waals surface area contributed by atoms with Gasteiger partial charge in [-0.2, -0.15) is 0 Å². The molecule has 1 fully saturated rings. The van der Waals surface area contributed by atoms with E-state index in [4.69, 9.17) is 15.0 Å². The molecule has 0 bridgehead atoms. The van der Waals surface area contributed by atoms with Crippen LogP contribution < -0.4 is 9.47 Å². The highest BCUT2D eigenvalue weighted by Crippen LogP contribution is 2.44.